The van der Waals surface area contributed by atoms with Gasteiger partial charge in [0.25, 0.3) is 5.56 Å². The van der Waals surface area contributed by atoms with Gasteiger partial charge < -0.3 is 23.7 Å². The number of hydrogen-bond acceptors (Lipinski definition) is 9. The predicted octanol–water partition coefficient (Wildman–Crippen LogP) is 5.84. The Hall–Kier alpha value is -4.54. The molecule has 0 bridgehead atoms. The SMILES string of the molecule is CCOC(=O)C1=C(C)N=c2s/c(=C\c3ccc(OCc4ccc(Cl)cc4)c(OC)c3)c(=O)n2[C@H]1c1ccc(OC(C)C)c(OC)c1. The highest BCUT2D eigenvalue weighted by atomic mass is 35.5. The molecule has 1 aliphatic rings. The van der Waals surface area contributed by atoms with Gasteiger partial charge in [0.15, 0.2) is 27.8 Å². The van der Waals surface area contributed by atoms with Crippen LogP contribution >= 0.6 is 22.9 Å². The summed E-state index contributed by atoms with van der Waals surface area (Å²) in [6, 6.07) is 17.5. The minimum atomic E-state index is -0.794. The van der Waals surface area contributed by atoms with Crippen LogP contribution in [0.1, 0.15) is 50.4 Å². The van der Waals surface area contributed by atoms with Crippen molar-refractivity contribution in [3.05, 3.63) is 113 Å². The van der Waals surface area contributed by atoms with Crippen LogP contribution in [0.25, 0.3) is 6.08 Å². The molecular formula is C35H35ClN2O7S. The first-order chi connectivity index (χ1) is 22.1. The molecule has 0 spiro atoms. The number of esters is 1. The zero-order chi connectivity index (χ0) is 33.0. The maximum atomic E-state index is 14.1. The number of halogens is 1. The van der Waals surface area contributed by atoms with Crippen LogP contribution in [0, 0.1) is 0 Å². The van der Waals surface area contributed by atoms with Gasteiger partial charge in [0.1, 0.15) is 6.61 Å². The molecule has 46 heavy (non-hydrogen) atoms. The summed E-state index contributed by atoms with van der Waals surface area (Å²) in [5.41, 5.74) is 2.80. The highest BCUT2D eigenvalue weighted by molar-refractivity contribution is 7.07. The number of allylic oxidation sites excluding steroid dienone is 1. The third kappa shape index (κ3) is 6.98. The second kappa shape index (κ2) is 14.3. The van der Waals surface area contributed by atoms with E-state index in [-0.39, 0.29) is 23.8 Å². The van der Waals surface area contributed by atoms with Crippen molar-refractivity contribution in [3.63, 3.8) is 0 Å². The van der Waals surface area contributed by atoms with Crippen LogP contribution < -0.4 is 33.8 Å². The van der Waals surface area contributed by atoms with Crippen molar-refractivity contribution in [1.29, 1.82) is 0 Å². The van der Waals surface area contributed by atoms with Gasteiger partial charge in [-0.1, -0.05) is 47.2 Å². The summed E-state index contributed by atoms with van der Waals surface area (Å²) >= 11 is 7.23. The second-order valence-electron chi connectivity index (χ2n) is 10.7. The summed E-state index contributed by atoms with van der Waals surface area (Å²) in [6.07, 6.45) is 1.70. The Labute approximate surface area is 275 Å². The number of thiazole rings is 1. The topological polar surface area (TPSA) is 97.6 Å². The Morgan fingerprint density at radius 1 is 1.00 bits per heavy atom. The van der Waals surface area contributed by atoms with Gasteiger partial charge in [0, 0.05) is 5.02 Å². The largest absolute Gasteiger partial charge is 0.493 e. The molecule has 0 aliphatic carbocycles. The maximum absolute atomic E-state index is 14.1. The van der Waals surface area contributed by atoms with E-state index in [2.05, 4.69) is 4.99 Å². The standard InChI is InChI=1S/C35H35ClN2O7S/c1-7-43-34(40)31-21(4)37-35-38(32(31)24-11-15-27(45-20(2)3)29(18-24)42-6)33(39)30(46-35)17-23-10-14-26(28(16-23)41-5)44-19-22-8-12-25(36)13-9-22/h8-18,20,32H,7,19H2,1-6H3/b30-17-/t32-/m0/s1. The number of nitrogens with zero attached hydrogens (tertiary/aromatic N) is 2. The molecule has 0 N–H and O–H groups in total. The molecule has 240 valence electrons. The fourth-order valence-corrected chi connectivity index (χ4v) is 6.27. The van der Waals surface area contributed by atoms with Crippen molar-refractivity contribution in [1.82, 2.24) is 4.57 Å². The van der Waals surface area contributed by atoms with Gasteiger partial charge in [-0.2, -0.15) is 0 Å². The molecule has 3 aromatic carbocycles. The molecule has 1 aromatic heterocycles. The number of carbonyl (C=O) groups excluding carboxylic acids is 1. The van der Waals surface area contributed by atoms with Crippen LogP contribution in [-0.4, -0.2) is 37.5 Å². The van der Waals surface area contributed by atoms with E-state index >= 15 is 0 Å². The van der Waals surface area contributed by atoms with E-state index in [4.69, 9.17) is 35.3 Å². The molecule has 0 saturated carbocycles. The van der Waals surface area contributed by atoms with Crippen molar-refractivity contribution in [2.75, 3.05) is 20.8 Å². The van der Waals surface area contributed by atoms with Crippen LogP contribution in [0.5, 0.6) is 23.0 Å². The normalized spacial score (nSPS) is 14.5. The highest BCUT2D eigenvalue weighted by Gasteiger charge is 2.34. The minimum Gasteiger partial charge on any atom is -0.493 e. The number of methoxy groups -OCH3 is 2. The van der Waals surface area contributed by atoms with Crippen molar-refractivity contribution in [2.24, 2.45) is 4.99 Å². The summed E-state index contributed by atoms with van der Waals surface area (Å²) < 4.78 is 30.5. The average molecular weight is 663 g/mol. The summed E-state index contributed by atoms with van der Waals surface area (Å²) in [6.45, 7) is 7.85. The molecule has 0 amide bonds. The molecule has 0 saturated heterocycles. The zero-order valence-corrected chi connectivity index (χ0v) is 28.0. The zero-order valence-electron chi connectivity index (χ0n) is 26.5. The first kappa shape index (κ1) is 32.8. The quantitative estimate of drug-likeness (QED) is 0.186. The van der Waals surface area contributed by atoms with Gasteiger partial charge in [-0.3, -0.25) is 9.36 Å². The Balaban J connectivity index is 1.56. The van der Waals surface area contributed by atoms with Gasteiger partial charge in [-0.25, -0.2) is 9.79 Å². The fraction of sp³-hybridized carbons (Fsp3) is 0.286. The first-order valence-corrected chi connectivity index (χ1v) is 15.9. The van der Waals surface area contributed by atoms with E-state index in [1.807, 2.05) is 50.2 Å². The summed E-state index contributed by atoms with van der Waals surface area (Å²) in [4.78, 5) is 32.5. The lowest BCUT2D eigenvalue weighted by molar-refractivity contribution is -0.139. The van der Waals surface area contributed by atoms with E-state index in [1.54, 1.807) is 58.4 Å². The lowest BCUT2D eigenvalue weighted by atomic mass is 9.95. The highest BCUT2D eigenvalue weighted by Crippen LogP contribution is 2.36. The van der Waals surface area contributed by atoms with Gasteiger partial charge in [-0.05, 0) is 86.9 Å². The first-order valence-electron chi connectivity index (χ1n) is 14.7. The van der Waals surface area contributed by atoms with Crippen molar-refractivity contribution >= 4 is 35.0 Å². The van der Waals surface area contributed by atoms with Crippen molar-refractivity contribution < 1.29 is 28.5 Å². The third-order valence-electron chi connectivity index (χ3n) is 7.18. The fourth-order valence-electron chi connectivity index (χ4n) is 5.10. The second-order valence-corrected chi connectivity index (χ2v) is 12.2. The Morgan fingerprint density at radius 2 is 1.70 bits per heavy atom. The minimum absolute atomic E-state index is 0.0719. The van der Waals surface area contributed by atoms with Gasteiger partial charge >= 0.3 is 5.97 Å². The number of benzene rings is 3. The molecule has 0 unspecified atom stereocenters. The van der Waals surface area contributed by atoms with Crippen LogP contribution in [-0.2, 0) is 16.1 Å². The molecule has 11 heteroatoms. The van der Waals surface area contributed by atoms with E-state index in [9.17, 15) is 9.59 Å². The Kier molecular flexibility index (Phi) is 10.2. The average Bonchev–Trinajstić information content (AvgIpc) is 3.34. The van der Waals surface area contributed by atoms with E-state index < -0.39 is 12.0 Å². The number of rotatable bonds is 11. The van der Waals surface area contributed by atoms with E-state index in [0.29, 0.717) is 55.2 Å². The van der Waals surface area contributed by atoms with Crippen LogP contribution in [0.3, 0.4) is 0 Å². The third-order valence-corrected chi connectivity index (χ3v) is 8.41. The Morgan fingerprint density at radius 3 is 2.37 bits per heavy atom. The van der Waals surface area contributed by atoms with E-state index in [0.717, 1.165) is 11.1 Å². The van der Waals surface area contributed by atoms with Crippen LogP contribution in [0.4, 0.5) is 0 Å². The molecule has 1 atom stereocenters. The molecule has 0 radical (unpaired) electrons. The molecule has 4 aromatic rings. The lowest BCUT2D eigenvalue weighted by Gasteiger charge is -2.25. The lowest BCUT2D eigenvalue weighted by Crippen LogP contribution is -2.40. The Bertz CT molecular complexity index is 1960. The number of ether oxygens (including phenoxy) is 5. The molecule has 5 rings (SSSR count). The van der Waals surface area contributed by atoms with Crippen molar-refractivity contribution in [2.45, 2.75) is 46.4 Å². The summed E-state index contributed by atoms with van der Waals surface area (Å²) in [5, 5.41) is 0.656. The molecule has 0 fully saturated rings. The molecular weight excluding hydrogens is 628 g/mol. The molecule has 9 nitrogen and oxygen atoms in total. The van der Waals surface area contributed by atoms with Crippen molar-refractivity contribution in [3.8, 4) is 23.0 Å². The van der Waals surface area contributed by atoms with Gasteiger partial charge in [-0.15, -0.1) is 0 Å². The molecule has 1 aliphatic heterocycles. The summed E-state index contributed by atoms with van der Waals surface area (Å²) in [7, 11) is 3.11. The number of hydrogen-bond donors (Lipinski definition) is 0. The summed E-state index contributed by atoms with van der Waals surface area (Å²) in [5.74, 6) is 1.58. The number of carbonyl (C=O) groups is 1. The monoisotopic (exact) mass is 662 g/mol. The smallest absolute Gasteiger partial charge is 0.338 e. The van der Waals surface area contributed by atoms with Gasteiger partial charge in [0.05, 0.1) is 48.8 Å². The van der Waals surface area contributed by atoms with Crippen LogP contribution in [0.2, 0.25) is 5.02 Å². The van der Waals surface area contributed by atoms with Gasteiger partial charge in [0.2, 0.25) is 0 Å². The van der Waals surface area contributed by atoms with Crippen LogP contribution in [0.15, 0.2) is 81.7 Å². The number of fused-ring (bicyclic) bond motifs is 1. The maximum Gasteiger partial charge on any atom is 0.338 e. The number of aromatic nitrogens is 1. The predicted molar refractivity (Wildman–Crippen MR) is 178 cm³/mol. The van der Waals surface area contributed by atoms with E-state index in [1.165, 1.54) is 15.9 Å². The molecule has 2 heterocycles.